The molecule has 3 atom stereocenters. The van der Waals surface area contributed by atoms with Gasteiger partial charge in [0.2, 0.25) is 17.6 Å². The van der Waals surface area contributed by atoms with Gasteiger partial charge in [0, 0.05) is 30.4 Å². The molecule has 1 fully saturated rings. The highest BCUT2D eigenvalue weighted by Gasteiger charge is 2.33. The van der Waals surface area contributed by atoms with Crippen LogP contribution in [0.5, 0.6) is 0 Å². The molecule has 214 valence electrons. The zero-order chi connectivity index (χ0) is 29.1. The zero-order valence-corrected chi connectivity index (χ0v) is 23.3. The van der Waals surface area contributed by atoms with E-state index in [2.05, 4.69) is 26.3 Å². The van der Waals surface area contributed by atoms with Gasteiger partial charge in [-0.15, -0.1) is 0 Å². The fourth-order valence-electron chi connectivity index (χ4n) is 4.63. The van der Waals surface area contributed by atoms with Gasteiger partial charge in [-0.05, 0) is 55.5 Å². The molecule has 4 N–H and O–H groups in total. The number of carbonyl (C=O) groups is 5. The summed E-state index contributed by atoms with van der Waals surface area (Å²) >= 11 is 0. The van der Waals surface area contributed by atoms with Crippen LogP contribution in [-0.2, 0) is 25.6 Å². The Balaban J connectivity index is 1.64. The molecular weight excluding hydrogens is 510 g/mol. The Hall–Kier alpha value is -4.08. The van der Waals surface area contributed by atoms with Crippen LogP contribution in [0.15, 0.2) is 54.9 Å². The van der Waals surface area contributed by atoms with Crippen LogP contribution in [0.2, 0.25) is 0 Å². The molecule has 10 heteroatoms. The predicted octanol–water partition coefficient (Wildman–Crippen LogP) is 2.09. The summed E-state index contributed by atoms with van der Waals surface area (Å²) in [5, 5.41) is 10.8. The van der Waals surface area contributed by atoms with Gasteiger partial charge < -0.3 is 21.3 Å². The molecule has 1 aliphatic carbocycles. The number of amides is 4. The molecule has 0 saturated heterocycles. The highest BCUT2D eigenvalue weighted by atomic mass is 16.2. The zero-order valence-electron chi connectivity index (χ0n) is 23.3. The van der Waals surface area contributed by atoms with E-state index in [4.69, 9.17) is 0 Å². The van der Waals surface area contributed by atoms with Gasteiger partial charge >= 0.3 is 0 Å². The molecule has 1 aromatic heterocycles. The van der Waals surface area contributed by atoms with E-state index in [0.717, 1.165) is 37.7 Å². The summed E-state index contributed by atoms with van der Waals surface area (Å²) in [6, 6.07) is 8.90. The van der Waals surface area contributed by atoms with Gasteiger partial charge in [0.05, 0.1) is 6.04 Å². The Bertz CT molecular complexity index is 1170. The first kappa shape index (κ1) is 30.5. The molecule has 0 radical (unpaired) electrons. The van der Waals surface area contributed by atoms with E-state index in [9.17, 15) is 24.0 Å². The maximum Gasteiger partial charge on any atom is 0.289 e. The lowest BCUT2D eigenvalue weighted by atomic mass is 9.94. The molecule has 0 unspecified atom stereocenters. The second-order valence-electron chi connectivity index (χ2n) is 10.6. The maximum absolute atomic E-state index is 13.3. The number of Topliss-reactive ketones (excluding diaryl/α,β-unsaturated/α-hetero) is 1. The van der Waals surface area contributed by atoms with Crippen molar-refractivity contribution in [2.45, 2.75) is 83.5 Å². The van der Waals surface area contributed by atoms with Gasteiger partial charge in [-0.3, -0.25) is 29.0 Å². The third-order valence-electron chi connectivity index (χ3n) is 7.01. The number of aromatic nitrogens is 1. The second kappa shape index (κ2) is 14.9. The summed E-state index contributed by atoms with van der Waals surface area (Å²) in [6.07, 6.45) is 8.16. The van der Waals surface area contributed by atoms with Crippen LogP contribution in [0.3, 0.4) is 0 Å². The maximum atomic E-state index is 13.3. The average molecular weight is 550 g/mol. The first-order valence-electron chi connectivity index (χ1n) is 13.9. The number of carbonyl (C=O) groups excluding carboxylic acids is 5. The molecule has 0 spiro atoms. The Morgan fingerprint density at radius 3 is 2.10 bits per heavy atom. The summed E-state index contributed by atoms with van der Waals surface area (Å²) in [4.78, 5) is 68.7. The van der Waals surface area contributed by atoms with Crippen LogP contribution in [-0.4, -0.2) is 58.6 Å². The molecule has 40 heavy (non-hydrogen) atoms. The quantitative estimate of drug-likeness (QED) is 0.298. The van der Waals surface area contributed by atoms with Crippen molar-refractivity contribution in [1.29, 1.82) is 0 Å². The smallest absolute Gasteiger partial charge is 0.289 e. The van der Waals surface area contributed by atoms with Crippen molar-refractivity contribution < 1.29 is 24.0 Å². The molecule has 10 nitrogen and oxygen atoms in total. The third-order valence-corrected chi connectivity index (χ3v) is 7.01. The Labute approximate surface area is 235 Å². The van der Waals surface area contributed by atoms with E-state index in [1.165, 1.54) is 6.92 Å². The molecule has 1 saturated carbocycles. The number of hydrogen-bond donors (Lipinski definition) is 4. The lowest BCUT2D eigenvalue weighted by Gasteiger charge is -2.26. The van der Waals surface area contributed by atoms with Crippen LogP contribution in [0.1, 0.15) is 68.8 Å². The van der Waals surface area contributed by atoms with Crippen LogP contribution in [0.4, 0.5) is 0 Å². The first-order valence-corrected chi connectivity index (χ1v) is 13.9. The van der Waals surface area contributed by atoms with Gasteiger partial charge in [-0.25, -0.2) is 0 Å². The van der Waals surface area contributed by atoms with Crippen LogP contribution >= 0.6 is 0 Å². The van der Waals surface area contributed by atoms with Gasteiger partial charge in [0.25, 0.3) is 11.8 Å². The third kappa shape index (κ3) is 9.00. The lowest BCUT2D eigenvalue weighted by Crippen LogP contribution is -2.57. The van der Waals surface area contributed by atoms with Gasteiger partial charge in [0.1, 0.15) is 12.1 Å². The van der Waals surface area contributed by atoms with E-state index in [-0.39, 0.29) is 18.4 Å². The minimum atomic E-state index is -1.04. The number of nitrogens with zero attached hydrogens (tertiary/aromatic N) is 1. The van der Waals surface area contributed by atoms with Gasteiger partial charge in [-0.2, -0.15) is 0 Å². The van der Waals surface area contributed by atoms with Crippen LogP contribution in [0, 0.1) is 5.92 Å². The largest absolute Gasteiger partial charge is 0.347 e. The molecule has 0 bridgehead atoms. The van der Waals surface area contributed by atoms with E-state index in [0.29, 0.717) is 5.56 Å². The van der Waals surface area contributed by atoms with Crippen LogP contribution < -0.4 is 21.3 Å². The number of ketones is 1. The SMILES string of the molecule is CC(C)[C@H](NC(=O)[C@H](C)NC(=O)[C@@H](Cc1ccncc1)NC(=O)c1ccccc1)C(=O)C(=O)NC1CCCCC1. The molecule has 1 aromatic carbocycles. The van der Waals surface area contributed by atoms with Crippen molar-refractivity contribution in [3.8, 4) is 0 Å². The number of nitrogens with one attached hydrogen (secondary N) is 4. The predicted molar refractivity (Wildman–Crippen MR) is 150 cm³/mol. The second-order valence-corrected chi connectivity index (χ2v) is 10.6. The van der Waals surface area contributed by atoms with Crippen LogP contribution in [0.25, 0.3) is 0 Å². The normalized spacial score (nSPS) is 15.8. The van der Waals surface area contributed by atoms with Crippen molar-refractivity contribution in [1.82, 2.24) is 26.3 Å². The van der Waals surface area contributed by atoms with E-state index in [1.807, 2.05) is 0 Å². The average Bonchev–Trinajstić information content (AvgIpc) is 2.96. The van der Waals surface area contributed by atoms with E-state index in [1.54, 1.807) is 68.7 Å². The van der Waals surface area contributed by atoms with E-state index < -0.39 is 47.5 Å². The van der Waals surface area contributed by atoms with Crippen molar-refractivity contribution in [3.63, 3.8) is 0 Å². The molecule has 1 heterocycles. The Morgan fingerprint density at radius 1 is 0.825 bits per heavy atom. The van der Waals surface area contributed by atoms with Crippen molar-refractivity contribution in [2.24, 2.45) is 5.92 Å². The highest BCUT2D eigenvalue weighted by Crippen LogP contribution is 2.17. The molecular formula is C30H39N5O5. The topological polar surface area (TPSA) is 146 Å². The highest BCUT2D eigenvalue weighted by molar-refractivity contribution is 6.38. The fourth-order valence-corrected chi connectivity index (χ4v) is 4.63. The number of benzene rings is 1. The summed E-state index contributed by atoms with van der Waals surface area (Å²) in [6.45, 7) is 4.97. The monoisotopic (exact) mass is 549 g/mol. The Kier molecular flexibility index (Phi) is 11.4. The van der Waals surface area contributed by atoms with Crippen molar-refractivity contribution >= 4 is 29.4 Å². The summed E-state index contributed by atoms with van der Waals surface area (Å²) in [5.74, 6) is -3.36. The van der Waals surface area contributed by atoms with Gasteiger partial charge in [0.15, 0.2) is 0 Å². The number of rotatable bonds is 12. The minimum Gasteiger partial charge on any atom is -0.347 e. The first-order chi connectivity index (χ1) is 19.2. The Morgan fingerprint density at radius 2 is 1.48 bits per heavy atom. The van der Waals surface area contributed by atoms with Crippen molar-refractivity contribution in [3.05, 3.63) is 66.0 Å². The standard InChI is InChI=1S/C30H39N5O5/c1-19(2)25(26(36)30(40)33-23-12-8-5-9-13-23)35-27(37)20(3)32-29(39)24(18-21-14-16-31-17-15-21)34-28(38)22-10-6-4-7-11-22/h4,6-7,10-11,14-17,19-20,23-25H,5,8-9,12-13,18H2,1-3H3,(H,32,39)(H,33,40)(H,34,38)(H,35,37)/t20-,24+,25-/m0/s1. The van der Waals surface area contributed by atoms with E-state index >= 15 is 0 Å². The molecule has 2 aromatic rings. The van der Waals surface area contributed by atoms with Gasteiger partial charge in [-0.1, -0.05) is 51.3 Å². The summed E-state index contributed by atoms with van der Waals surface area (Å²) in [7, 11) is 0. The lowest BCUT2D eigenvalue weighted by molar-refractivity contribution is -0.141. The summed E-state index contributed by atoms with van der Waals surface area (Å²) in [5.41, 5.74) is 1.17. The minimum absolute atomic E-state index is 0.0321. The molecule has 0 aliphatic heterocycles. The van der Waals surface area contributed by atoms with Crippen molar-refractivity contribution in [2.75, 3.05) is 0 Å². The molecule has 4 amide bonds. The molecule has 3 rings (SSSR count). The summed E-state index contributed by atoms with van der Waals surface area (Å²) < 4.78 is 0. The number of pyridine rings is 1. The fraction of sp³-hybridized carbons (Fsp3) is 0.467. The molecule has 1 aliphatic rings. The number of hydrogen-bond acceptors (Lipinski definition) is 6.